The second kappa shape index (κ2) is 43.3. The number of rotatable bonds is 47. The molecule has 474 valence electrons. The molecule has 0 aliphatic rings. The normalized spacial score (nSPS) is 11.4. The zero-order valence-corrected chi connectivity index (χ0v) is 53.8. The van der Waals surface area contributed by atoms with Crippen molar-refractivity contribution in [1.82, 2.24) is 0 Å². The Kier molecular flexibility index (Phi) is 34.3. The first-order valence-corrected chi connectivity index (χ1v) is 33.7. The van der Waals surface area contributed by atoms with E-state index in [1.165, 1.54) is 154 Å². The Morgan fingerprint density at radius 1 is 0.295 bits per heavy atom. The monoisotopic (exact) mass is 1200 g/mol. The summed E-state index contributed by atoms with van der Waals surface area (Å²) in [4.78, 5) is 26.8. The molecule has 6 aromatic carbocycles. The van der Waals surface area contributed by atoms with E-state index >= 15 is 0 Å². The number of azo groups is 2. The summed E-state index contributed by atoms with van der Waals surface area (Å²) in [7, 11) is 0. The zero-order chi connectivity index (χ0) is 61.9. The molecule has 0 aliphatic carbocycles. The van der Waals surface area contributed by atoms with Gasteiger partial charge in [0.1, 0.15) is 34.4 Å². The Balaban J connectivity index is 0.952. The summed E-state index contributed by atoms with van der Waals surface area (Å²) in [5.41, 5.74) is 5.38. The molecule has 0 saturated heterocycles. The van der Waals surface area contributed by atoms with Crippen molar-refractivity contribution >= 4 is 34.7 Å². The SMILES string of the molecule is CCCCCCCCCCCCCCCCOc1ccc(C(=O)Oc2ccc(N=Nc3ccc(C)cc3)c(OCCCCOc3cc(OC(=O)c4ccc(OCCCCCCCCCCCCCCCC)cc4)ccc3N=Nc3ccc(C)cc3)c2)cc1. The van der Waals surface area contributed by atoms with Gasteiger partial charge in [-0.2, -0.15) is 10.2 Å². The van der Waals surface area contributed by atoms with Crippen LogP contribution in [0.15, 0.2) is 154 Å². The number of hydrogen-bond acceptors (Lipinski definition) is 12. The number of unbranched alkanes of at least 4 members (excludes halogenated alkanes) is 27. The van der Waals surface area contributed by atoms with E-state index in [2.05, 4.69) is 34.3 Å². The predicted molar refractivity (Wildman–Crippen MR) is 358 cm³/mol. The maximum Gasteiger partial charge on any atom is 0.343 e. The zero-order valence-electron chi connectivity index (χ0n) is 53.8. The van der Waals surface area contributed by atoms with Gasteiger partial charge in [-0.05, 0) is 137 Å². The highest BCUT2D eigenvalue weighted by Gasteiger charge is 2.15. The van der Waals surface area contributed by atoms with Gasteiger partial charge in [0.2, 0.25) is 0 Å². The van der Waals surface area contributed by atoms with E-state index in [-0.39, 0.29) is 0 Å². The van der Waals surface area contributed by atoms with Crippen LogP contribution < -0.4 is 28.4 Å². The average Bonchev–Trinajstić information content (AvgIpc) is 3.62. The molecular formula is C76H102N4O8. The molecule has 0 radical (unpaired) electrons. The van der Waals surface area contributed by atoms with Gasteiger partial charge >= 0.3 is 11.9 Å². The van der Waals surface area contributed by atoms with Gasteiger partial charge in [0, 0.05) is 12.1 Å². The summed E-state index contributed by atoms with van der Waals surface area (Å²) in [6.45, 7) is 10.5. The first kappa shape index (κ1) is 69.8. The molecule has 0 heterocycles. The molecular weight excluding hydrogens is 1100 g/mol. The second-order valence-corrected chi connectivity index (χ2v) is 23.5. The van der Waals surface area contributed by atoms with Crippen LogP contribution in [0.3, 0.4) is 0 Å². The van der Waals surface area contributed by atoms with Crippen LogP contribution in [0.25, 0.3) is 0 Å². The summed E-state index contributed by atoms with van der Waals surface area (Å²) in [5, 5.41) is 18.0. The van der Waals surface area contributed by atoms with Crippen LogP contribution in [0.5, 0.6) is 34.5 Å². The molecule has 0 saturated carbocycles. The smallest absolute Gasteiger partial charge is 0.343 e. The van der Waals surface area contributed by atoms with Crippen molar-refractivity contribution in [2.45, 2.75) is 220 Å². The van der Waals surface area contributed by atoms with E-state index < -0.39 is 11.9 Å². The van der Waals surface area contributed by atoms with Crippen LogP contribution in [0.2, 0.25) is 0 Å². The Hall–Kier alpha value is -7.34. The summed E-state index contributed by atoms with van der Waals surface area (Å²) in [5.74, 6) is 1.87. The van der Waals surface area contributed by atoms with E-state index in [9.17, 15) is 9.59 Å². The molecule has 0 atom stereocenters. The lowest BCUT2D eigenvalue weighted by Crippen LogP contribution is -2.09. The number of carbonyl (C=O) groups is 2. The van der Waals surface area contributed by atoms with Crippen molar-refractivity contribution in [1.29, 1.82) is 0 Å². The summed E-state index contributed by atoms with van der Waals surface area (Å²) < 4.78 is 36.4. The van der Waals surface area contributed by atoms with Gasteiger partial charge in [-0.15, -0.1) is 10.2 Å². The fraction of sp³-hybridized carbons (Fsp3) is 0.500. The van der Waals surface area contributed by atoms with Gasteiger partial charge in [0.25, 0.3) is 0 Å². The molecule has 88 heavy (non-hydrogen) atoms. The minimum Gasteiger partial charge on any atom is -0.494 e. The van der Waals surface area contributed by atoms with E-state index in [0.29, 0.717) is 96.1 Å². The van der Waals surface area contributed by atoms with E-state index in [1.807, 2.05) is 86.6 Å². The highest BCUT2D eigenvalue weighted by molar-refractivity contribution is 5.92. The fourth-order valence-electron chi connectivity index (χ4n) is 10.2. The van der Waals surface area contributed by atoms with E-state index in [1.54, 1.807) is 60.7 Å². The lowest BCUT2D eigenvalue weighted by Gasteiger charge is -2.13. The third-order valence-corrected chi connectivity index (χ3v) is 15.7. The molecule has 0 amide bonds. The van der Waals surface area contributed by atoms with Crippen molar-refractivity contribution in [2.75, 3.05) is 26.4 Å². The Bertz CT molecular complexity index is 2710. The third-order valence-electron chi connectivity index (χ3n) is 15.7. The molecule has 0 spiro atoms. The molecule has 12 heteroatoms. The highest BCUT2D eigenvalue weighted by Crippen LogP contribution is 2.36. The number of ether oxygens (including phenoxy) is 6. The summed E-state index contributed by atoms with van der Waals surface area (Å²) in [6.07, 6.45) is 38.0. The number of aryl methyl sites for hydroxylation is 2. The van der Waals surface area contributed by atoms with Crippen LogP contribution in [0, 0.1) is 13.8 Å². The molecule has 0 aliphatic heterocycles. The van der Waals surface area contributed by atoms with Crippen LogP contribution in [0.1, 0.15) is 238 Å². The maximum atomic E-state index is 13.4. The van der Waals surface area contributed by atoms with Crippen molar-refractivity contribution in [2.24, 2.45) is 20.5 Å². The van der Waals surface area contributed by atoms with E-state index in [0.717, 1.165) is 48.3 Å². The minimum absolute atomic E-state index is 0.301. The molecule has 0 bridgehead atoms. The van der Waals surface area contributed by atoms with Crippen molar-refractivity contribution in [3.63, 3.8) is 0 Å². The minimum atomic E-state index is -0.503. The first-order valence-electron chi connectivity index (χ1n) is 33.7. The third kappa shape index (κ3) is 29.1. The molecule has 0 fully saturated rings. The van der Waals surface area contributed by atoms with Gasteiger partial charge in [-0.3, -0.25) is 0 Å². The van der Waals surface area contributed by atoms with Crippen molar-refractivity contribution in [3.05, 3.63) is 156 Å². The largest absolute Gasteiger partial charge is 0.494 e. The average molecular weight is 1200 g/mol. The molecule has 6 aromatic rings. The molecule has 0 unspecified atom stereocenters. The molecule has 0 aromatic heterocycles. The number of nitrogens with zero attached hydrogens (tertiary/aromatic N) is 4. The maximum absolute atomic E-state index is 13.4. The van der Waals surface area contributed by atoms with Gasteiger partial charge in [0.05, 0.1) is 48.9 Å². The number of carbonyl (C=O) groups excluding carboxylic acids is 2. The number of benzene rings is 6. The van der Waals surface area contributed by atoms with Gasteiger partial charge in [0.15, 0.2) is 11.5 Å². The molecule has 12 nitrogen and oxygen atoms in total. The van der Waals surface area contributed by atoms with Crippen LogP contribution in [-0.4, -0.2) is 38.4 Å². The predicted octanol–water partition coefficient (Wildman–Crippen LogP) is 23.5. The molecule has 0 N–H and O–H groups in total. The Labute approximate surface area is 527 Å². The number of hydrogen-bond donors (Lipinski definition) is 0. The lowest BCUT2D eigenvalue weighted by molar-refractivity contribution is 0.0724. The quantitative estimate of drug-likeness (QED) is 0.0159. The van der Waals surface area contributed by atoms with Crippen molar-refractivity contribution < 1.29 is 38.0 Å². The van der Waals surface area contributed by atoms with Gasteiger partial charge < -0.3 is 28.4 Å². The fourth-order valence-corrected chi connectivity index (χ4v) is 10.2. The highest BCUT2D eigenvalue weighted by atomic mass is 16.5. The van der Waals surface area contributed by atoms with E-state index in [4.69, 9.17) is 28.4 Å². The summed E-state index contributed by atoms with van der Waals surface area (Å²) in [6, 6.07) is 39.8. The van der Waals surface area contributed by atoms with Crippen LogP contribution >= 0.6 is 0 Å². The Morgan fingerprint density at radius 2 is 0.568 bits per heavy atom. The van der Waals surface area contributed by atoms with Gasteiger partial charge in [-0.1, -0.05) is 216 Å². The van der Waals surface area contributed by atoms with Gasteiger partial charge in [-0.25, -0.2) is 9.59 Å². The topological polar surface area (TPSA) is 139 Å². The van der Waals surface area contributed by atoms with Crippen LogP contribution in [0.4, 0.5) is 22.7 Å². The van der Waals surface area contributed by atoms with Crippen molar-refractivity contribution in [3.8, 4) is 34.5 Å². The second-order valence-electron chi connectivity index (χ2n) is 23.5. The lowest BCUT2D eigenvalue weighted by atomic mass is 10.0. The standard InChI is InChI=1S/C76H102N4O8/c1-5-7-9-11-13-15-17-19-21-23-25-27-29-31-55-83-67-47-39-63(40-48-67)75(81)87-69-51-53-71(79-77-65-43-35-61(3)36-44-65)73(59-69)85-57-33-34-58-86-74-60-70(52-54-72(74)80-78-66-45-37-62(4)38-46-66)88-76(82)64-41-49-68(50-42-64)84-56-32-30-28-26-24-22-20-18-16-14-12-10-8-6-2/h35-54,59-60H,5-34,55-58H2,1-4H3. The van der Waals surface area contributed by atoms with Crippen LogP contribution in [-0.2, 0) is 0 Å². The number of esters is 2. The Morgan fingerprint density at radius 3 is 0.886 bits per heavy atom. The first-order chi connectivity index (χ1) is 43.3. The summed E-state index contributed by atoms with van der Waals surface area (Å²) >= 11 is 0. The molecule has 6 rings (SSSR count).